The van der Waals surface area contributed by atoms with Crippen molar-refractivity contribution < 1.29 is 29.3 Å². The first-order chi connectivity index (χ1) is 9.02. The number of aliphatic hydroxyl groups excluding tert-OH is 2. The molecule has 6 nitrogen and oxygen atoms in total. The van der Waals surface area contributed by atoms with Crippen LogP contribution in [0.15, 0.2) is 0 Å². The lowest BCUT2D eigenvalue weighted by atomic mass is 10.4. The molecule has 7 heteroatoms. The summed E-state index contributed by atoms with van der Waals surface area (Å²) in [6.07, 6.45) is 3.13. The van der Waals surface area contributed by atoms with Gasteiger partial charge in [0.05, 0.1) is 13.2 Å². The van der Waals surface area contributed by atoms with E-state index in [1.165, 1.54) is 0 Å². The number of thioether (sulfide) groups is 1. The van der Waals surface area contributed by atoms with Crippen molar-refractivity contribution in [3.8, 4) is 0 Å². The van der Waals surface area contributed by atoms with Crippen LogP contribution in [0.5, 0.6) is 0 Å². The highest BCUT2D eigenvalue weighted by Crippen LogP contribution is 2.16. The quantitative estimate of drug-likeness (QED) is 0.353. The molecule has 0 saturated heterocycles. The summed E-state index contributed by atoms with van der Waals surface area (Å²) in [4.78, 5) is 22.6. The van der Waals surface area contributed by atoms with Crippen LogP contribution in [0, 0.1) is 0 Å². The van der Waals surface area contributed by atoms with E-state index < -0.39 is 22.8 Å². The molecule has 2 N–H and O–H groups in total. The minimum atomic E-state index is -1.59. The third-order valence-electron chi connectivity index (χ3n) is 2.15. The maximum absolute atomic E-state index is 11.3. The predicted molar refractivity (Wildman–Crippen MR) is 71.3 cm³/mol. The van der Waals surface area contributed by atoms with Gasteiger partial charge in [-0.05, 0) is 12.8 Å². The van der Waals surface area contributed by atoms with Crippen LogP contribution >= 0.6 is 11.8 Å². The van der Waals surface area contributed by atoms with E-state index in [1.807, 2.05) is 13.8 Å². The van der Waals surface area contributed by atoms with Crippen LogP contribution in [0.2, 0.25) is 0 Å². The van der Waals surface area contributed by atoms with Gasteiger partial charge in [0.25, 0.3) is 0 Å². The first-order valence-electron chi connectivity index (χ1n) is 6.37. The van der Waals surface area contributed by atoms with E-state index in [-0.39, 0.29) is 13.2 Å². The van der Waals surface area contributed by atoms with E-state index >= 15 is 0 Å². The zero-order valence-electron chi connectivity index (χ0n) is 11.3. The average Bonchev–Trinajstić information content (AvgIpc) is 2.38. The fourth-order valence-electron chi connectivity index (χ4n) is 1.01. The third kappa shape index (κ3) is 8.85. The molecule has 0 aromatic heterocycles. The van der Waals surface area contributed by atoms with E-state index in [0.29, 0.717) is 24.6 Å². The normalized spacial score (nSPS) is 13.7. The second kappa shape index (κ2) is 11.1. The first kappa shape index (κ1) is 18.2. The molecular weight excluding hydrogens is 272 g/mol. The van der Waals surface area contributed by atoms with Crippen LogP contribution in [-0.4, -0.2) is 46.2 Å². The molecule has 0 fully saturated rings. The monoisotopic (exact) mass is 294 g/mol. The van der Waals surface area contributed by atoms with E-state index in [2.05, 4.69) is 0 Å². The Morgan fingerprint density at radius 3 is 1.63 bits per heavy atom. The molecule has 0 radical (unpaired) electrons. The SMILES string of the molecule is CCCCOC(=O)[C@@H](O)S[C@H](O)C(=O)OCCCC. The Kier molecular flexibility index (Phi) is 10.6. The Labute approximate surface area is 117 Å². The molecule has 19 heavy (non-hydrogen) atoms. The maximum Gasteiger partial charge on any atom is 0.345 e. The fourth-order valence-corrected chi connectivity index (χ4v) is 1.61. The highest BCUT2D eigenvalue weighted by Gasteiger charge is 2.26. The van der Waals surface area contributed by atoms with Gasteiger partial charge in [-0.1, -0.05) is 38.5 Å². The van der Waals surface area contributed by atoms with Gasteiger partial charge in [-0.3, -0.25) is 0 Å². The van der Waals surface area contributed by atoms with Gasteiger partial charge in [-0.25, -0.2) is 9.59 Å². The summed E-state index contributed by atoms with van der Waals surface area (Å²) in [6, 6.07) is 0. The number of carbonyl (C=O) groups excluding carboxylic acids is 2. The number of aliphatic hydroxyl groups is 2. The number of hydrogen-bond donors (Lipinski definition) is 2. The Morgan fingerprint density at radius 2 is 1.32 bits per heavy atom. The van der Waals surface area contributed by atoms with Crippen molar-refractivity contribution in [3.05, 3.63) is 0 Å². The van der Waals surface area contributed by atoms with Gasteiger partial charge >= 0.3 is 11.9 Å². The Balaban J connectivity index is 3.92. The number of hydrogen-bond acceptors (Lipinski definition) is 7. The van der Waals surface area contributed by atoms with Crippen molar-refractivity contribution in [1.82, 2.24) is 0 Å². The van der Waals surface area contributed by atoms with E-state index in [9.17, 15) is 19.8 Å². The summed E-state index contributed by atoms with van der Waals surface area (Å²) >= 11 is 0.394. The average molecular weight is 294 g/mol. The van der Waals surface area contributed by atoms with Gasteiger partial charge in [0.2, 0.25) is 10.9 Å². The Hall–Kier alpha value is -0.790. The summed E-state index contributed by atoms with van der Waals surface area (Å²) in [6.45, 7) is 4.30. The van der Waals surface area contributed by atoms with Gasteiger partial charge in [0.15, 0.2) is 0 Å². The van der Waals surface area contributed by atoms with E-state index in [4.69, 9.17) is 9.47 Å². The third-order valence-corrected chi connectivity index (χ3v) is 3.05. The highest BCUT2D eigenvalue weighted by molar-refractivity contribution is 8.01. The Bertz CT molecular complexity index is 245. The number of carbonyl (C=O) groups is 2. The lowest BCUT2D eigenvalue weighted by Gasteiger charge is -2.14. The fraction of sp³-hybridized carbons (Fsp3) is 0.833. The van der Waals surface area contributed by atoms with Gasteiger partial charge in [0.1, 0.15) is 0 Å². The number of rotatable bonds is 10. The first-order valence-corrected chi connectivity index (χ1v) is 7.32. The minimum Gasteiger partial charge on any atom is -0.463 e. The molecule has 0 aromatic carbocycles. The lowest BCUT2D eigenvalue weighted by Crippen LogP contribution is -2.28. The molecule has 0 amide bonds. The van der Waals surface area contributed by atoms with Crippen LogP contribution in [0.25, 0.3) is 0 Å². The van der Waals surface area contributed by atoms with Crippen LogP contribution in [0.3, 0.4) is 0 Å². The zero-order valence-corrected chi connectivity index (χ0v) is 12.1. The molecular formula is C12H22O6S. The van der Waals surface area contributed by atoms with Crippen LogP contribution in [-0.2, 0) is 19.1 Å². The Morgan fingerprint density at radius 1 is 0.947 bits per heavy atom. The van der Waals surface area contributed by atoms with E-state index in [1.54, 1.807) is 0 Å². The molecule has 0 heterocycles. The van der Waals surface area contributed by atoms with Crippen molar-refractivity contribution in [2.24, 2.45) is 0 Å². The highest BCUT2D eigenvalue weighted by atomic mass is 32.2. The van der Waals surface area contributed by atoms with Gasteiger partial charge in [-0.15, -0.1) is 0 Å². The minimum absolute atomic E-state index is 0.212. The topological polar surface area (TPSA) is 93.1 Å². The van der Waals surface area contributed by atoms with Crippen molar-refractivity contribution in [3.63, 3.8) is 0 Å². The molecule has 112 valence electrons. The summed E-state index contributed by atoms with van der Waals surface area (Å²) < 4.78 is 9.50. The summed E-state index contributed by atoms with van der Waals surface area (Å²) in [5.74, 6) is -1.72. The van der Waals surface area contributed by atoms with Crippen molar-refractivity contribution in [1.29, 1.82) is 0 Å². The molecule has 0 aliphatic heterocycles. The molecule has 0 aliphatic carbocycles. The predicted octanol–water partition coefficient (Wildman–Crippen LogP) is 1.04. The van der Waals surface area contributed by atoms with Crippen molar-refractivity contribution >= 4 is 23.7 Å². The molecule has 0 bridgehead atoms. The maximum atomic E-state index is 11.3. The molecule has 0 spiro atoms. The molecule has 2 atom stereocenters. The molecule has 0 aliphatic rings. The van der Waals surface area contributed by atoms with Gasteiger partial charge in [0, 0.05) is 0 Å². The smallest absolute Gasteiger partial charge is 0.345 e. The second-order valence-electron chi connectivity index (χ2n) is 3.88. The standard InChI is InChI=1S/C12H22O6S/c1-3-5-7-17-9(13)11(15)19-12(16)10(14)18-8-6-4-2/h11-12,15-16H,3-8H2,1-2H3/t11-,12-/m0/s1. The second-order valence-corrected chi connectivity index (χ2v) is 5.05. The molecule has 0 saturated carbocycles. The van der Waals surface area contributed by atoms with Crippen LogP contribution < -0.4 is 0 Å². The zero-order chi connectivity index (χ0) is 14.7. The van der Waals surface area contributed by atoms with Crippen molar-refractivity contribution in [2.45, 2.75) is 50.4 Å². The lowest BCUT2D eigenvalue weighted by molar-refractivity contribution is -0.149. The summed E-state index contributed by atoms with van der Waals surface area (Å²) in [5, 5.41) is 18.9. The molecule has 0 unspecified atom stereocenters. The number of ether oxygens (including phenoxy) is 2. The van der Waals surface area contributed by atoms with Gasteiger partial charge in [-0.2, -0.15) is 0 Å². The van der Waals surface area contributed by atoms with E-state index in [0.717, 1.165) is 12.8 Å². The summed E-state index contributed by atoms with van der Waals surface area (Å²) in [5.41, 5.74) is -3.18. The molecule has 0 rings (SSSR count). The summed E-state index contributed by atoms with van der Waals surface area (Å²) in [7, 11) is 0. The number of unbranched alkanes of at least 4 members (excludes halogenated alkanes) is 2. The number of esters is 2. The van der Waals surface area contributed by atoms with Crippen LogP contribution in [0.4, 0.5) is 0 Å². The largest absolute Gasteiger partial charge is 0.463 e. The molecule has 0 aromatic rings. The van der Waals surface area contributed by atoms with Crippen molar-refractivity contribution in [2.75, 3.05) is 13.2 Å². The van der Waals surface area contributed by atoms with Gasteiger partial charge < -0.3 is 19.7 Å². The van der Waals surface area contributed by atoms with Crippen LogP contribution in [0.1, 0.15) is 39.5 Å².